The van der Waals surface area contributed by atoms with Gasteiger partial charge in [-0.1, -0.05) is 103 Å². The highest BCUT2D eigenvalue weighted by molar-refractivity contribution is 6.22. The van der Waals surface area contributed by atoms with E-state index in [4.69, 9.17) is 8.83 Å². The Morgan fingerprint density at radius 1 is 0.325 bits per heavy atom. The van der Waals surface area contributed by atoms with Gasteiger partial charge in [0.25, 0.3) is 0 Å². The maximum Gasteiger partial charge on any atom is 0.181 e. The van der Waals surface area contributed by atoms with E-state index in [-0.39, 0.29) is 0 Å². The Bertz CT molecular complexity index is 2380. The number of para-hydroxylation sites is 1. The van der Waals surface area contributed by atoms with E-state index in [9.17, 15) is 0 Å². The molecule has 0 aliphatic rings. The zero-order chi connectivity index (χ0) is 26.2. The lowest BCUT2D eigenvalue weighted by Crippen LogP contribution is -1.91. The third kappa shape index (κ3) is 2.99. The van der Waals surface area contributed by atoms with E-state index < -0.39 is 0 Å². The highest BCUT2D eigenvalue weighted by Gasteiger charge is 2.19. The minimum absolute atomic E-state index is 0.809. The zero-order valence-corrected chi connectivity index (χ0v) is 21.5. The lowest BCUT2D eigenvalue weighted by Gasteiger charge is -2.18. The van der Waals surface area contributed by atoms with Gasteiger partial charge in [-0.2, -0.15) is 0 Å². The second-order valence-electron chi connectivity index (χ2n) is 10.5. The Labute approximate surface area is 229 Å². The normalized spacial score (nSPS) is 12.0. The Kier molecular flexibility index (Phi) is 4.36. The van der Waals surface area contributed by atoms with Gasteiger partial charge in [0.2, 0.25) is 0 Å². The number of furan rings is 2. The summed E-state index contributed by atoms with van der Waals surface area (Å²) in [6, 6.07) is 47.5. The van der Waals surface area contributed by atoms with Gasteiger partial charge in [-0.3, -0.25) is 0 Å². The van der Waals surface area contributed by atoms with Crippen molar-refractivity contribution in [2.75, 3.05) is 0 Å². The molecule has 0 aliphatic heterocycles. The monoisotopic (exact) mass is 510 g/mol. The molecule has 9 aromatic rings. The zero-order valence-electron chi connectivity index (χ0n) is 21.5. The fourth-order valence-corrected chi connectivity index (χ4v) is 6.46. The van der Waals surface area contributed by atoms with Crippen molar-refractivity contribution < 1.29 is 8.83 Å². The third-order valence-electron chi connectivity index (χ3n) is 8.25. The summed E-state index contributed by atoms with van der Waals surface area (Å²) in [4.78, 5) is 0. The van der Waals surface area contributed by atoms with Gasteiger partial charge in [0.05, 0.1) is 10.8 Å². The van der Waals surface area contributed by atoms with Gasteiger partial charge < -0.3 is 8.83 Å². The number of hydrogen-bond donors (Lipinski definition) is 0. The molecule has 0 saturated carbocycles. The first-order valence-corrected chi connectivity index (χ1v) is 13.6. The fraction of sp³-hybridized carbons (Fsp3) is 0. The molecule has 7 aromatic carbocycles. The van der Waals surface area contributed by atoms with E-state index in [1.54, 1.807) is 0 Å². The topological polar surface area (TPSA) is 26.3 Å². The van der Waals surface area contributed by atoms with Gasteiger partial charge in [-0.25, -0.2) is 0 Å². The number of benzene rings is 7. The van der Waals surface area contributed by atoms with Crippen LogP contribution in [-0.2, 0) is 0 Å². The molecule has 2 heteroatoms. The van der Waals surface area contributed by atoms with E-state index in [1.807, 2.05) is 18.2 Å². The van der Waals surface area contributed by atoms with Crippen molar-refractivity contribution >= 4 is 65.4 Å². The van der Waals surface area contributed by atoms with Crippen molar-refractivity contribution in [3.63, 3.8) is 0 Å². The average Bonchev–Trinajstić information content (AvgIpc) is 3.55. The third-order valence-corrected chi connectivity index (χ3v) is 8.25. The Morgan fingerprint density at radius 3 is 1.48 bits per heavy atom. The van der Waals surface area contributed by atoms with Gasteiger partial charge in [0, 0.05) is 0 Å². The standard InChI is InChI=1S/C38H22O2/c1-2-10-24-21-25(18-17-23(24)9-1)35-27-11-3-5-13-29(27)36(30-14-6-4-12-28(30)35)26-19-20-32-34(22-26)40-37-31-15-7-8-16-33(31)39-38(32)37/h1-22H. The van der Waals surface area contributed by atoms with Crippen LogP contribution in [-0.4, -0.2) is 0 Å². The number of rotatable bonds is 2. The summed E-state index contributed by atoms with van der Waals surface area (Å²) < 4.78 is 12.6. The maximum atomic E-state index is 6.43. The molecule has 0 aliphatic carbocycles. The summed E-state index contributed by atoms with van der Waals surface area (Å²) in [6.45, 7) is 0. The molecule has 0 unspecified atom stereocenters. The molecule has 186 valence electrons. The first-order valence-electron chi connectivity index (χ1n) is 13.6. The summed E-state index contributed by atoms with van der Waals surface area (Å²) in [5.74, 6) is 0. The second-order valence-corrected chi connectivity index (χ2v) is 10.5. The van der Waals surface area contributed by atoms with Crippen LogP contribution in [0.4, 0.5) is 0 Å². The van der Waals surface area contributed by atoms with Crippen LogP contribution in [0.25, 0.3) is 87.7 Å². The molecule has 0 fully saturated rings. The van der Waals surface area contributed by atoms with Crippen molar-refractivity contribution in [3.8, 4) is 22.3 Å². The largest absolute Gasteiger partial charge is 0.452 e. The Hall–Kier alpha value is -5.34. The summed E-state index contributed by atoms with van der Waals surface area (Å²) in [7, 11) is 0. The molecular weight excluding hydrogens is 488 g/mol. The summed E-state index contributed by atoms with van der Waals surface area (Å²) in [5, 5.41) is 9.44. The van der Waals surface area contributed by atoms with Crippen LogP contribution >= 0.6 is 0 Å². The second kappa shape index (κ2) is 8.08. The molecule has 2 heterocycles. The van der Waals surface area contributed by atoms with Crippen molar-refractivity contribution in [1.82, 2.24) is 0 Å². The molecule has 0 N–H and O–H groups in total. The maximum absolute atomic E-state index is 6.43. The average molecular weight is 511 g/mol. The molecule has 2 nitrogen and oxygen atoms in total. The highest BCUT2D eigenvalue weighted by atomic mass is 16.4. The van der Waals surface area contributed by atoms with E-state index >= 15 is 0 Å². The molecule has 0 saturated heterocycles. The first-order chi connectivity index (χ1) is 19.8. The fourth-order valence-electron chi connectivity index (χ4n) is 6.46. The van der Waals surface area contributed by atoms with Crippen LogP contribution in [0.1, 0.15) is 0 Å². The predicted molar refractivity (Wildman–Crippen MR) is 167 cm³/mol. The SMILES string of the molecule is c1ccc2cc(-c3c4ccccc4c(-c4ccc5c(c4)oc4c6ccccc6oc54)c4ccccc34)ccc2c1. The molecule has 0 spiro atoms. The van der Waals surface area contributed by atoms with Crippen LogP contribution < -0.4 is 0 Å². The van der Waals surface area contributed by atoms with Crippen molar-refractivity contribution in [2.45, 2.75) is 0 Å². The van der Waals surface area contributed by atoms with Gasteiger partial charge in [0.15, 0.2) is 11.2 Å². The lowest BCUT2D eigenvalue weighted by molar-refractivity contribution is 0.653. The minimum atomic E-state index is 0.809. The molecule has 40 heavy (non-hydrogen) atoms. The molecule has 0 radical (unpaired) electrons. The van der Waals surface area contributed by atoms with E-state index in [0.717, 1.165) is 38.7 Å². The van der Waals surface area contributed by atoms with Gasteiger partial charge >= 0.3 is 0 Å². The van der Waals surface area contributed by atoms with Gasteiger partial charge in [0.1, 0.15) is 11.2 Å². The summed E-state index contributed by atoms with van der Waals surface area (Å²) in [6.07, 6.45) is 0. The van der Waals surface area contributed by atoms with Gasteiger partial charge in [-0.05, 0) is 84.9 Å². The van der Waals surface area contributed by atoms with E-state index in [0.29, 0.717) is 0 Å². The minimum Gasteiger partial charge on any atom is -0.452 e. The highest BCUT2D eigenvalue weighted by Crippen LogP contribution is 2.45. The molecular formula is C38H22O2. The summed E-state index contributed by atoms with van der Waals surface area (Å²) >= 11 is 0. The number of hydrogen-bond acceptors (Lipinski definition) is 2. The van der Waals surface area contributed by atoms with Gasteiger partial charge in [-0.15, -0.1) is 0 Å². The van der Waals surface area contributed by atoms with Crippen LogP contribution in [0.5, 0.6) is 0 Å². The Balaban J connectivity index is 1.35. The quantitative estimate of drug-likeness (QED) is 0.216. The van der Waals surface area contributed by atoms with Crippen molar-refractivity contribution in [2.24, 2.45) is 0 Å². The molecule has 9 rings (SSSR count). The number of fused-ring (bicyclic) bond motifs is 8. The molecule has 0 amide bonds. The lowest BCUT2D eigenvalue weighted by atomic mass is 9.85. The van der Waals surface area contributed by atoms with E-state index in [2.05, 4.69) is 115 Å². The Morgan fingerprint density at radius 2 is 0.800 bits per heavy atom. The van der Waals surface area contributed by atoms with Crippen LogP contribution in [0.2, 0.25) is 0 Å². The summed E-state index contributed by atoms with van der Waals surface area (Å²) in [5.41, 5.74) is 8.15. The van der Waals surface area contributed by atoms with Crippen molar-refractivity contribution in [1.29, 1.82) is 0 Å². The smallest absolute Gasteiger partial charge is 0.181 e. The van der Waals surface area contributed by atoms with Crippen LogP contribution in [0, 0.1) is 0 Å². The van der Waals surface area contributed by atoms with Crippen LogP contribution in [0.3, 0.4) is 0 Å². The molecule has 2 aromatic heterocycles. The molecule has 0 atom stereocenters. The predicted octanol–water partition coefficient (Wildman–Crippen LogP) is 11.1. The first kappa shape index (κ1) is 21.6. The van der Waals surface area contributed by atoms with Crippen molar-refractivity contribution in [3.05, 3.63) is 133 Å². The van der Waals surface area contributed by atoms with Crippen LogP contribution in [0.15, 0.2) is 142 Å². The molecule has 0 bridgehead atoms. The van der Waals surface area contributed by atoms with E-state index in [1.165, 1.54) is 49.0 Å².